The summed E-state index contributed by atoms with van der Waals surface area (Å²) >= 11 is 0. The minimum atomic E-state index is -4.77. The Morgan fingerprint density at radius 2 is 1.68 bits per heavy atom. The molecular weight excluding hydrogens is 642 g/mol. The molecule has 0 aliphatic heterocycles. The van der Waals surface area contributed by atoms with Crippen LogP contribution in [0.1, 0.15) is 46.9 Å². The van der Waals surface area contributed by atoms with Crippen LogP contribution in [0.5, 0.6) is 5.75 Å². The number of halogens is 3. The van der Waals surface area contributed by atoms with Crippen LogP contribution in [0.2, 0.25) is 0 Å². The third kappa shape index (κ3) is 9.06. The van der Waals surface area contributed by atoms with Gasteiger partial charge in [-0.05, 0) is 53.9 Å². The largest absolute Gasteiger partial charge is 0.524 e. The molecule has 0 saturated heterocycles. The lowest BCUT2D eigenvalue weighted by Gasteiger charge is -2.20. The number of alkyl halides is 3. The van der Waals surface area contributed by atoms with E-state index < -0.39 is 43.5 Å². The second kappa shape index (κ2) is 13.8. The number of phosphoric ester groups is 1. The van der Waals surface area contributed by atoms with E-state index in [1.165, 1.54) is 36.4 Å². The molecule has 5 aromatic rings. The summed E-state index contributed by atoms with van der Waals surface area (Å²) in [4.78, 5) is 52.1. The predicted molar refractivity (Wildman–Crippen MR) is 162 cm³/mol. The Hall–Kier alpha value is -4.98. The van der Waals surface area contributed by atoms with Crippen LogP contribution in [0.25, 0.3) is 10.9 Å². The van der Waals surface area contributed by atoms with Crippen molar-refractivity contribution in [2.75, 3.05) is 0 Å². The lowest BCUT2D eigenvalue weighted by molar-refractivity contribution is -0.137. The number of carbonyl (C=O) groups is 2. The topological polar surface area (TPSA) is 180 Å². The highest BCUT2D eigenvalue weighted by atomic mass is 31.2. The number of hydrogen-bond acceptors (Lipinski definition) is 7. The van der Waals surface area contributed by atoms with Crippen molar-refractivity contribution in [1.29, 1.82) is 0 Å². The van der Waals surface area contributed by atoms with Crippen LogP contribution in [0.3, 0.4) is 0 Å². The van der Waals surface area contributed by atoms with Crippen molar-refractivity contribution in [2.45, 2.75) is 44.4 Å². The molecule has 2 heterocycles. The van der Waals surface area contributed by atoms with Gasteiger partial charge in [-0.2, -0.15) is 18.2 Å². The van der Waals surface area contributed by atoms with Crippen molar-refractivity contribution < 1.29 is 46.2 Å². The number of carbonyl (C=O) groups excluding carboxylic acids is 2. The number of aromatic nitrogens is 3. The second-order valence-electron chi connectivity index (χ2n) is 10.7. The van der Waals surface area contributed by atoms with Crippen LogP contribution >= 0.6 is 7.82 Å². The average molecular weight is 672 g/mol. The normalized spacial score (nSPS) is 13.2. The van der Waals surface area contributed by atoms with Crippen molar-refractivity contribution in [1.82, 2.24) is 25.8 Å². The SMILES string of the molecule is C[C@H](NC(=O)[C@H](Cc1ccc(OP(=O)(O)O)cc1)NC(=O)Cc1c[nH]c2ccccc12)c1nc(Cc2ccc(C(F)(F)F)cc2)no1. The molecule has 5 N–H and O–H groups in total. The van der Waals surface area contributed by atoms with Crippen molar-refractivity contribution in [3.63, 3.8) is 0 Å². The maximum Gasteiger partial charge on any atom is 0.524 e. The lowest BCUT2D eigenvalue weighted by atomic mass is 10.0. The molecule has 5 rings (SSSR count). The van der Waals surface area contributed by atoms with Crippen LogP contribution in [-0.2, 0) is 39.6 Å². The summed E-state index contributed by atoms with van der Waals surface area (Å²) < 4.78 is 59.6. The third-order valence-corrected chi connectivity index (χ3v) is 7.57. The number of amides is 2. The van der Waals surface area contributed by atoms with Crippen LogP contribution in [0, 0.1) is 0 Å². The molecule has 0 aliphatic carbocycles. The molecule has 2 atom stereocenters. The zero-order valence-electron chi connectivity index (χ0n) is 24.7. The van der Waals surface area contributed by atoms with E-state index in [4.69, 9.17) is 14.3 Å². The summed E-state index contributed by atoms with van der Waals surface area (Å²) in [5.74, 6) is -0.850. The third-order valence-electron chi connectivity index (χ3n) is 7.12. The van der Waals surface area contributed by atoms with Gasteiger partial charge < -0.3 is 24.7 Å². The fourth-order valence-corrected chi connectivity index (χ4v) is 5.25. The van der Waals surface area contributed by atoms with E-state index in [9.17, 15) is 27.3 Å². The highest BCUT2D eigenvalue weighted by molar-refractivity contribution is 7.46. The Kier molecular flexibility index (Phi) is 9.80. The fraction of sp³-hybridized carbons (Fsp3) is 0.226. The molecular formula is C31H29F3N5O7P. The maximum atomic E-state index is 13.5. The fourth-order valence-electron chi connectivity index (χ4n) is 4.85. The zero-order chi connectivity index (χ0) is 33.8. The molecule has 47 heavy (non-hydrogen) atoms. The van der Waals surface area contributed by atoms with Gasteiger partial charge in [-0.3, -0.25) is 19.4 Å². The van der Waals surface area contributed by atoms with Gasteiger partial charge in [0.15, 0.2) is 5.82 Å². The Balaban J connectivity index is 1.27. The van der Waals surface area contributed by atoms with E-state index in [-0.39, 0.29) is 36.7 Å². The smallest absolute Gasteiger partial charge is 0.404 e. The summed E-state index contributed by atoms with van der Waals surface area (Å²) in [5.41, 5.74) is 1.89. The molecule has 2 aromatic heterocycles. The number of H-pyrrole nitrogens is 1. The molecule has 0 radical (unpaired) electrons. The summed E-state index contributed by atoms with van der Waals surface area (Å²) in [6.45, 7) is 1.59. The van der Waals surface area contributed by atoms with Crippen LogP contribution in [0.4, 0.5) is 13.2 Å². The van der Waals surface area contributed by atoms with E-state index in [2.05, 4.69) is 30.3 Å². The highest BCUT2D eigenvalue weighted by Crippen LogP contribution is 2.37. The first-order chi connectivity index (χ1) is 22.2. The van der Waals surface area contributed by atoms with Crippen molar-refractivity contribution in [3.8, 4) is 5.75 Å². The summed E-state index contributed by atoms with van der Waals surface area (Å²) in [5, 5.41) is 10.2. The molecule has 16 heteroatoms. The number of rotatable bonds is 12. The van der Waals surface area contributed by atoms with Crippen molar-refractivity contribution in [2.24, 2.45) is 0 Å². The first-order valence-electron chi connectivity index (χ1n) is 14.2. The van der Waals surface area contributed by atoms with Gasteiger partial charge in [0.2, 0.25) is 17.7 Å². The van der Waals surface area contributed by atoms with Crippen molar-refractivity contribution in [3.05, 3.63) is 113 Å². The standard InChI is InChI=1S/C31H29F3N5O7P/c1-18(30-38-27(39-45-30)15-20-6-10-22(11-7-20)31(32,33)34)36-29(41)26(14-19-8-12-23(13-9-19)46-47(42,43)44)37-28(40)16-21-17-35-25-5-3-2-4-24(21)25/h2-13,17-18,26,35H,14-16H2,1H3,(H,36,41)(H,37,40)(H2,42,43,44)/t18-,26-/m0/s1. The monoisotopic (exact) mass is 671 g/mol. The second-order valence-corrected chi connectivity index (χ2v) is 11.9. The highest BCUT2D eigenvalue weighted by Gasteiger charge is 2.30. The van der Waals surface area contributed by atoms with Crippen molar-refractivity contribution >= 4 is 30.5 Å². The molecule has 246 valence electrons. The van der Waals surface area contributed by atoms with Gasteiger partial charge in [0.1, 0.15) is 17.8 Å². The van der Waals surface area contributed by atoms with E-state index in [0.717, 1.165) is 28.6 Å². The van der Waals surface area contributed by atoms with Gasteiger partial charge in [-0.15, -0.1) is 0 Å². The molecule has 2 amide bonds. The summed E-state index contributed by atoms with van der Waals surface area (Å²) in [7, 11) is -4.77. The number of nitrogens with one attached hydrogen (secondary N) is 3. The number of hydrogen-bond donors (Lipinski definition) is 5. The Morgan fingerprint density at radius 3 is 2.36 bits per heavy atom. The Bertz CT molecular complexity index is 1900. The average Bonchev–Trinajstić information content (AvgIpc) is 3.64. The molecule has 0 spiro atoms. The number of nitrogens with zero attached hydrogens (tertiary/aromatic N) is 2. The zero-order valence-corrected chi connectivity index (χ0v) is 25.6. The number of aromatic amines is 1. The molecule has 0 unspecified atom stereocenters. The molecule has 0 fully saturated rings. The quantitative estimate of drug-likeness (QED) is 0.117. The van der Waals surface area contributed by atoms with Gasteiger partial charge in [0.05, 0.1) is 12.0 Å². The van der Waals surface area contributed by atoms with Gasteiger partial charge >= 0.3 is 14.0 Å². The number of fused-ring (bicyclic) bond motifs is 1. The Labute approximate surface area is 265 Å². The minimum Gasteiger partial charge on any atom is -0.404 e. The predicted octanol–water partition coefficient (Wildman–Crippen LogP) is 4.78. The lowest BCUT2D eigenvalue weighted by Crippen LogP contribution is -2.49. The molecule has 12 nitrogen and oxygen atoms in total. The van der Waals surface area contributed by atoms with E-state index >= 15 is 0 Å². The van der Waals surface area contributed by atoms with Gasteiger partial charge in [0.25, 0.3) is 0 Å². The minimum absolute atomic E-state index is 0.0113. The van der Waals surface area contributed by atoms with E-state index in [0.29, 0.717) is 11.1 Å². The molecule has 0 saturated carbocycles. The van der Waals surface area contributed by atoms with Crippen LogP contribution < -0.4 is 15.2 Å². The summed E-state index contributed by atoms with van der Waals surface area (Å²) in [6.07, 6.45) is -2.65. The van der Waals surface area contributed by atoms with Crippen LogP contribution in [0.15, 0.2) is 83.5 Å². The molecule has 3 aromatic carbocycles. The first-order valence-corrected chi connectivity index (χ1v) is 15.7. The van der Waals surface area contributed by atoms with Gasteiger partial charge in [0, 0.05) is 29.9 Å². The molecule has 0 bridgehead atoms. The van der Waals surface area contributed by atoms with Gasteiger partial charge in [-0.1, -0.05) is 47.6 Å². The Morgan fingerprint density at radius 1 is 1.00 bits per heavy atom. The van der Waals surface area contributed by atoms with Gasteiger partial charge in [-0.25, -0.2) is 4.57 Å². The van der Waals surface area contributed by atoms with Crippen LogP contribution in [-0.4, -0.2) is 42.8 Å². The number of benzene rings is 3. The number of para-hydroxylation sites is 1. The molecule has 0 aliphatic rings. The maximum absolute atomic E-state index is 13.5. The van der Waals surface area contributed by atoms with E-state index in [1.807, 2.05) is 24.3 Å². The first kappa shape index (κ1) is 33.4. The van der Waals surface area contributed by atoms with E-state index in [1.54, 1.807) is 13.1 Å². The number of phosphoric acid groups is 1. The summed E-state index contributed by atoms with van der Waals surface area (Å²) in [6, 6.07) is 15.8.